The molecular weight excluding hydrogens is 186 g/mol. The number of esters is 2. The van der Waals surface area contributed by atoms with Crippen molar-refractivity contribution in [1.82, 2.24) is 0 Å². The zero-order chi connectivity index (χ0) is 11.2. The molecule has 0 bridgehead atoms. The average Bonchev–Trinajstić information content (AvgIpc) is 2.15. The van der Waals surface area contributed by atoms with Gasteiger partial charge >= 0.3 is 17.7 Å². The van der Waals surface area contributed by atoms with E-state index in [1.54, 1.807) is 0 Å². The number of nitriles is 1. The van der Waals surface area contributed by atoms with Gasteiger partial charge in [0, 0.05) is 19.1 Å². The summed E-state index contributed by atoms with van der Waals surface area (Å²) in [5.74, 6) is -3.71. The second-order valence-electron chi connectivity index (χ2n) is 2.20. The van der Waals surface area contributed by atoms with Gasteiger partial charge < -0.3 is 9.47 Å². The van der Waals surface area contributed by atoms with Crippen LogP contribution in [0.4, 0.5) is 0 Å². The minimum atomic E-state index is -2.07. The molecule has 0 aliphatic rings. The highest BCUT2D eigenvalue weighted by Gasteiger charge is 2.34. The zero-order valence-corrected chi connectivity index (χ0v) is 7.65. The third kappa shape index (κ3) is 3.11. The van der Waals surface area contributed by atoms with Gasteiger partial charge in [-0.25, -0.2) is 4.79 Å². The molecule has 0 N–H and O–H groups in total. The van der Waals surface area contributed by atoms with E-state index in [1.807, 2.05) is 0 Å². The summed E-state index contributed by atoms with van der Waals surface area (Å²) in [4.78, 5) is 21.4. The summed E-state index contributed by atoms with van der Waals surface area (Å²) < 4.78 is 9.02. The van der Waals surface area contributed by atoms with Gasteiger partial charge in [-0.05, 0) is 0 Å². The number of carbonyl (C=O) groups excluding carboxylic acids is 2. The van der Waals surface area contributed by atoms with Crippen LogP contribution in [0, 0.1) is 11.3 Å². The lowest BCUT2D eigenvalue weighted by molar-refractivity contribution is -0.190. The van der Waals surface area contributed by atoms with E-state index in [0.717, 1.165) is 19.1 Å². The fourth-order valence-electron chi connectivity index (χ4n) is 0.600. The van der Waals surface area contributed by atoms with Crippen LogP contribution in [-0.2, 0) is 19.1 Å². The minimum Gasteiger partial charge on any atom is -0.406 e. The predicted octanol–water partition coefficient (Wildman–Crippen LogP) is 0.685. The first kappa shape index (κ1) is 11.9. The van der Waals surface area contributed by atoms with Crippen molar-refractivity contribution in [3.63, 3.8) is 0 Å². The van der Waals surface area contributed by atoms with Crippen molar-refractivity contribution in [2.45, 2.75) is 12.7 Å². The van der Waals surface area contributed by atoms with Crippen LogP contribution in [0.3, 0.4) is 0 Å². The van der Waals surface area contributed by atoms with E-state index in [2.05, 4.69) is 22.6 Å². The van der Waals surface area contributed by atoms with E-state index in [4.69, 9.17) is 5.26 Å². The minimum absolute atomic E-state index is 0.761. The summed E-state index contributed by atoms with van der Waals surface area (Å²) in [6, 6.07) is 1.51. The molecule has 5 heteroatoms. The Morgan fingerprint density at radius 3 is 2.29 bits per heavy atom. The number of nitrogens with zero attached hydrogens (tertiary/aromatic N) is 1. The number of ether oxygens (including phenoxy) is 2. The normalized spacial score (nSPS) is 12.9. The van der Waals surface area contributed by atoms with Gasteiger partial charge in [0.1, 0.15) is 0 Å². The first-order chi connectivity index (χ1) is 6.49. The molecule has 74 valence electrons. The molecule has 5 nitrogen and oxygen atoms in total. The van der Waals surface area contributed by atoms with Gasteiger partial charge in [0.15, 0.2) is 6.07 Å². The van der Waals surface area contributed by atoms with Crippen molar-refractivity contribution in [3.8, 4) is 6.07 Å². The van der Waals surface area contributed by atoms with Crippen molar-refractivity contribution in [3.05, 3.63) is 25.3 Å². The maximum absolute atomic E-state index is 10.8. The molecule has 0 aliphatic heterocycles. The monoisotopic (exact) mass is 195 g/mol. The Bertz CT molecular complexity index is 315. The van der Waals surface area contributed by atoms with Crippen LogP contribution in [-0.4, -0.2) is 17.7 Å². The second kappa shape index (κ2) is 4.82. The molecule has 0 saturated carbocycles. The molecule has 1 unspecified atom stereocenters. The van der Waals surface area contributed by atoms with Crippen LogP contribution in [0.2, 0.25) is 0 Å². The molecule has 0 fully saturated rings. The molecular formula is C9H9NO4. The second-order valence-corrected chi connectivity index (χ2v) is 2.20. The summed E-state index contributed by atoms with van der Waals surface area (Å²) in [6.07, 6.45) is 1.76. The van der Waals surface area contributed by atoms with Crippen molar-refractivity contribution in [2.75, 3.05) is 0 Å². The van der Waals surface area contributed by atoms with Gasteiger partial charge in [-0.1, -0.05) is 13.2 Å². The van der Waals surface area contributed by atoms with Crippen LogP contribution in [0.15, 0.2) is 25.3 Å². The van der Waals surface area contributed by atoms with E-state index in [9.17, 15) is 9.59 Å². The van der Waals surface area contributed by atoms with Crippen molar-refractivity contribution in [2.24, 2.45) is 0 Å². The molecule has 1 atom stereocenters. The smallest absolute Gasteiger partial charge is 0.367 e. The first-order valence-corrected chi connectivity index (χ1v) is 3.59. The van der Waals surface area contributed by atoms with Gasteiger partial charge in [0.2, 0.25) is 0 Å². The van der Waals surface area contributed by atoms with Crippen LogP contribution >= 0.6 is 0 Å². The molecule has 0 aromatic carbocycles. The van der Waals surface area contributed by atoms with Crippen LogP contribution in [0.5, 0.6) is 0 Å². The number of hydrogen-bond acceptors (Lipinski definition) is 5. The molecule has 0 amide bonds. The Hall–Kier alpha value is -2.09. The summed E-state index contributed by atoms with van der Waals surface area (Å²) in [7, 11) is 0. The highest BCUT2D eigenvalue weighted by Crippen LogP contribution is 2.14. The Balaban J connectivity index is 4.80. The molecule has 0 radical (unpaired) electrons. The van der Waals surface area contributed by atoms with Gasteiger partial charge in [-0.3, -0.25) is 4.79 Å². The van der Waals surface area contributed by atoms with Crippen LogP contribution in [0.1, 0.15) is 6.92 Å². The summed E-state index contributed by atoms with van der Waals surface area (Å²) in [5.41, 5.74) is 0. The summed E-state index contributed by atoms with van der Waals surface area (Å²) >= 11 is 0. The molecule has 0 heterocycles. The SMILES string of the molecule is C=CC(=O)OC(C#N)(C=C)OC(C)=O. The van der Waals surface area contributed by atoms with E-state index in [-0.39, 0.29) is 0 Å². The van der Waals surface area contributed by atoms with E-state index in [0.29, 0.717) is 0 Å². The summed E-state index contributed by atoms with van der Waals surface area (Å²) in [5, 5.41) is 8.66. The average molecular weight is 195 g/mol. The lowest BCUT2D eigenvalue weighted by Gasteiger charge is -2.20. The van der Waals surface area contributed by atoms with E-state index < -0.39 is 17.7 Å². The quantitative estimate of drug-likeness (QED) is 0.285. The summed E-state index contributed by atoms with van der Waals surface area (Å²) in [6.45, 7) is 7.45. The largest absolute Gasteiger partial charge is 0.406 e. The highest BCUT2D eigenvalue weighted by molar-refractivity contribution is 5.82. The molecule has 14 heavy (non-hydrogen) atoms. The fraction of sp³-hybridized carbons (Fsp3) is 0.222. The van der Waals surface area contributed by atoms with Gasteiger partial charge in [-0.15, -0.1) is 0 Å². The molecule has 0 saturated heterocycles. The van der Waals surface area contributed by atoms with E-state index >= 15 is 0 Å². The molecule has 0 aliphatic carbocycles. The first-order valence-electron chi connectivity index (χ1n) is 3.59. The number of hydrogen-bond donors (Lipinski definition) is 0. The fourth-order valence-corrected chi connectivity index (χ4v) is 0.600. The standard InChI is InChI=1S/C9H9NO4/c1-4-8(12)14-9(5-2,6-10)13-7(3)11/h4-5H,1-2H2,3H3. The topological polar surface area (TPSA) is 76.4 Å². The van der Waals surface area contributed by atoms with Crippen molar-refractivity contribution >= 4 is 11.9 Å². The van der Waals surface area contributed by atoms with Crippen LogP contribution < -0.4 is 0 Å². The Labute approximate surface area is 81.2 Å². The zero-order valence-electron chi connectivity index (χ0n) is 7.65. The maximum Gasteiger partial charge on any atom is 0.367 e. The third-order valence-electron chi connectivity index (χ3n) is 1.14. The number of carbonyl (C=O) groups is 2. The molecule has 0 spiro atoms. The molecule has 0 aromatic rings. The van der Waals surface area contributed by atoms with Crippen molar-refractivity contribution in [1.29, 1.82) is 5.26 Å². The van der Waals surface area contributed by atoms with Gasteiger partial charge in [0.25, 0.3) is 0 Å². The lowest BCUT2D eigenvalue weighted by Crippen LogP contribution is -2.35. The Morgan fingerprint density at radius 2 is 2.00 bits per heavy atom. The molecule has 0 aromatic heterocycles. The van der Waals surface area contributed by atoms with Crippen LogP contribution in [0.25, 0.3) is 0 Å². The number of rotatable bonds is 4. The van der Waals surface area contributed by atoms with Gasteiger partial charge in [0.05, 0.1) is 0 Å². The Morgan fingerprint density at radius 1 is 1.43 bits per heavy atom. The van der Waals surface area contributed by atoms with Crippen molar-refractivity contribution < 1.29 is 19.1 Å². The predicted molar refractivity (Wildman–Crippen MR) is 46.6 cm³/mol. The lowest BCUT2D eigenvalue weighted by atomic mass is 10.3. The maximum atomic E-state index is 10.8. The van der Waals surface area contributed by atoms with E-state index in [1.165, 1.54) is 6.07 Å². The highest BCUT2D eigenvalue weighted by atomic mass is 16.7. The molecule has 0 rings (SSSR count). The third-order valence-corrected chi connectivity index (χ3v) is 1.14. The Kier molecular flexibility index (Phi) is 4.10. The van der Waals surface area contributed by atoms with Gasteiger partial charge in [-0.2, -0.15) is 5.26 Å².